The molecule has 3 atom stereocenters. The topological polar surface area (TPSA) is 24.4 Å². The predicted octanol–water partition coefficient (Wildman–Crippen LogP) is 3.15. The number of nitrogens with zero attached hydrogens (tertiary/aromatic N) is 1. The van der Waals surface area contributed by atoms with Crippen LogP contribution in [0.4, 0.5) is 8.78 Å². The second kappa shape index (κ2) is 5.85. The molecule has 1 unspecified atom stereocenters. The van der Waals surface area contributed by atoms with E-state index in [4.69, 9.17) is 4.99 Å². The van der Waals surface area contributed by atoms with Gasteiger partial charge in [-0.15, -0.1) is 0 Å². The van der Waals surface area contributed by atoms with Crippen molar-refractivity contribution in [3.05, 3.63) is 71.0 Å². The van der Waals surface area contributed by atoms with Crippen LogP contribution in [-0.4, -0.2) is 31.0 Å². The SMILES string of the molecule is Fc1ccc(C2=N[C@@H](C3CNC[C@@H]3F)Cc3ccccc32)cc1. The van der Waals surface area contributed by atoms with Gasteiger partial charge in [0.1, 0.15) is 12.0 Å². The molecule has 0 aromatic heterocycles. The largest absolute Gasteiger partial charge is 0.313 e. The van der Waals surface area contributed by atoms with Gasteiger partial charge in [-0.25, -0.2) is 8.78 Å². The lowest BCUT2D eigenvalue weighted by atomic mass is 9.85. The molecule has 2 aromatic rings. The first kappa shape index (κ1) is 14.5. The highest BCUT2D eigenvalue weighted by Gasteiger charge is 2.36. The van der Waals surface area contributed by atoms with Gasteiger partial charge in [-0.1, -0.05) is 24.3 Å². The number of halogens is 2. The fraction of sp³-hybridized carbons (Fsp3) is 0.316. The quantitative estimate of drug-likeness (QED) is 0.905. The lowest BCUT2D eigenvalue weighted by Crippen LogP contribution is -2.33. The summed E-state index contributed by atoms with van der Waals surface area (Å²) < 4.78 is 27.4. The Morgan fingerprint density at radius 1 is 1.00 bits per heavy atom. The molecule has 0 radical (unpaired) electrons. The number of hydrogen-bond donors (Lipinski definition) is 1. The summed E-state index contributed by atoms with van der Waals surface area (Å²) in [5, 5.41) is 3.11. The van der Waals surface area contributed by atoms with E-state index in [0.717, 1.165) is 23.3 Å². The molecule has 4 heteroatoms. The molecule has 1 saturated heterocycles. The summed E-state index contributed by atoms with van der Waals surface area (Å²) >= 11 is 0. The van der Waals surface area contributed by atoms with Crippen molar-refractivity contribution in [2.24, 2.45) is 10.9 Å². The van der Waals surface area contributed by atoms with Gasteiger partial charge in [0.15, 0.2) is 0 Å². The van der Waals surface area contributed by atoms with Crippen molar-refractivity contribution in [3.8, 4) is 0 Å². The average Bonchev–Trinajstić information content (AvgIpc) is 3.01. The molecule has 2 aliphatic heterocycles. The van der Waals surface area contributed by atoms with Crippen LogP contribution < -0.4 is 5.32 Å². The van der Waals surface area contributed by atoms with Crippen molar-refractivity contribution in [2.45, 2.75) is 18.6 Å². The number of nitrogens with one attached hydrogen (secondary N) is 1. The number of rotatable bonds is 2. The van der Waals surface area contributed by atoms with Crippen LogP contribution in [0.5, 0.6) is 0 Å². The van der Waals surface area contributed by atoms with E-state index in [0.29, 0.717) is 13.1 Å². The van der Waals surface area contributed by atoms with Crippen molar-refractivity contribution >= 4 is 5.71 Å². The molecular formula is C19H18F2N2. The molecule has 0 amide bonds. The van der Waals surface area contributed by atoms with Crippen molar-refractivity contribution in [3.63, 3.8) is 0 Å². The molecule has 1 fully saturated rings. The second-order valence-electron chi connectivity index (χ2n) is 6.25. The highest BCUT2D eigenvalue weighted by atomic mass is 19.1. The third-order valence-corrected chi connectivity index (χ3v) is 4.79. The molecule has 1 N–H and O–H groups in total. The van der Waals surface area contributed by atoms with Gasteiger partial charge in [0.05, 0.1) is 11.8 Å². The normalized spacial score (nSPS) is 26.7. The van der Waals surface area contributed by atoms with Gasteiger partial charge in [-0.3, -0.25) is 4.99 Å². The average molecular weight is 312 g/mol. The minimum absolute atomic E-state index is 0.0741. The molecule has 0 spiro atoms. The molecule has 2 heterocycles. The molecular weight excluding hydrogens is 294 g/mol. The van der Waals surface area contributed by atoms with E-state index in [1.54, 1.807) is 12.1 Å². The van der Waals surface area contributed by atoms with E-state index in [1.165, 1.54) is 17.7 Å². The third kappa shape index (κ3) is 2.68. The second-order valence-corrected chi connectivity index (χ2v) is 6.25. The Bertz CT molecular complexity index is 739. The lowest BCUT2D eigenvalue weighted by molar-refractivity contribution is 0.252. The zero-order valence-electron chi connectivity index (χ0n) is 12.7. The maximum absolute atomic E-state index is 14.1. The fourth-order valence-electron chi connectivity index (χ4n) is 3.56. The summed E-state index contributed by atoms with van der Waals surface area (Å²) in [6.45, 7) is 1.07. The Labute approximate surface area is 134 Å². The molecule has 0 saturated carbocycles. The lowest BCUT2D eigenvalue weighted by Gasteiger charge is -2.28. The molecule has 0 bridgehead atoms. The van der Waals surface area contributed by atoms with Crippen molar-refractivity contribution < 1.29 is 8.78 Å². The zero-order chi connectivity index (χ0) is 15.8. The van der Waals surface area contributed by atoms with Crippen molar-refractivity contribution in [1.82, 2.24) is 5.32 Å². The standard InChI is InChI=1S/C19H18F2N2/c20-14-7-5-12(6-8-14)19-15-4-2-1-3-13(15)9-18(23-19)16-10-22-11-17(16)21/h1-8,16-18,22H,9-11H2/t16?,17-,18+/m0/s1. The molecule has 2 nitrogen and oxygen atoms in total. The van der Waals surface area contributed by atoms with E-state index < -0.39 is 6.17 Å². The van der Waals surface area contributed by atoms with Crippen LogP contribution in [0.25, 0.3) is 0 Å². The van der Waals surface area contributed by atoms with E-state index in [2.05, 4.69) is 11.4 Å². The molecule has 23 heavy (non-hydrogen) atoms. The third-order valence-electron chi connectivity index (χ3n) is 4.79. The Kier molecular flexibility index (Phi) is 3.69. The Hall–Kier alpha value is -2.07. The number of aliphatic imine (C=N–C) groups is 1. The number of fused-ring (bicyclic) bond motifs is 1. The molecule has 2 aromatic carbocycles. The smallest absolute Gasteiger partial charge is 0.123 e. The Morgan fingerprint density at radius 3 is 2.52 bits per heavy atom. The van der Waals surface area contributed by atoms with Crippen LogP contribution in [0, 0.1) is 11.7 Å². The van der Waals surface area contributed by atoms with Gasteiger partial charge in [0.25, 0.3) is 0 Å². The molecule has 4 rings (SSSR count). The highest BCUT2D eigenvalue weighted by Crippen LogP contribution is 2.30. The minimum atomic E-state index is -0.858. The van der Waals surface area contributed by atoms with Crippen LogP contribution in [0.15, 0.2) is 53.5 Å². The maximum atomic E-state index is 14.1. The number of alkyl halides is 1. The van der Waals surface area contributed by atoms with E-state index >= 15 is 0 Å². The molecule has 118 valence electrons. The fourth-order valence-corrected chi connectivity index (χ4v) is 3.56. The summed E-state index contributed by atoms with van der Waals surface area (Å²) in [5.41, 5.74) is 3.98. The van der Waals surface area contributed by atoms with Crippen LogP contribution in [0.2, 0.25) is 0 Å². The molecule has 0 aliphatic carbocycles. The van der Waals surface area contributed by atoms with Crippen LogP contribution >= 0.6 is 0 Å². The van der Waals surface area contributed by atoms with E-state index in [9.17, 15) is 8.78 Å². The number of hydrogen-bond acceptors (Lipinski definition) is 2. The monoisotopic (exact) mass is 312 g/mol. The summed E-state index contributed by atoms with van der Waals surface area (Å²) in [6.07, 6.45) is -0.100. The summed E-state index contributed by atoms with van der Waals surface area (Å²) in [4.78, 5) is 4.87. The molecule has 2 aliphatic rings. The first-order chi connectivity index (χ1) is 11.2. The number of benzene rings is 2. The first-order valence-electron chi connectivity index (χ1n) is 7.99. The summed E-state index contributed by atoms with van der Waals surface area (Å²) in [5.74, 6) is -0.363. The van der Waals surface area contributed by atoms with Gasteiger partial charge >= 0.3 is 0 Å². The Balaban J connectivity index is 1.78. The van der Waals surface area contributed by atoms with Gasteiger partial charge in [0, 0.05) is 30.1 Å². The predicted molar refractivity (Wildman–Crippen MR) is 87.2 cm³/mol. The van der Waals surface area contributed by atoms with Gasteiger partial charge in [0.2, 0.25) is 0 Å². The highest BCUT2D eigenvalue weighted by molar-refractivity contribution is 6.14. The van der Waals surface area contributed by atoms with Crippen LogP contribution in [0.1, 0.15) is 16.7 Å². The summed E-state index contributed by atoms with van der Waals surface area (Å²) in [7, 11) is 0. The van der Waals surface area contributed by atoms with Gasteiger partial charge < -0.3 is 5.32 Å². The maximum Gasteiger partial charge on any atom is 0.123 e. The van der Waals surface area contributed by atoms with E-state index in [1.807, 2.05) is 18.2 Å². The van der Waals surface area contributed by atoms with Gasteiger partial charge in [-0.05, 0) is 36.2 Å². The zero-order valence-corrected chi connectivity index (χ0v) is 12.7. The van der Waals surface area contributed by atoms with Crippen LogP contribution in [0.3, 0.4) is 0 Å². The Morgan fingerprint density at radius 2 is 1.78 bits per heavy atom. The first-order valence-corrected chi connectivity index (χ1v) is 7.99. The van der Waals surface area contributed by atoms with Crippen molar-refractivity contribution in [2.75, 3.05) is 13.1 Å². The van der Waals surface area contributed by atoms with Crippen molar-refractivity contribution in [1.29, 1.82) is 0 Å². The summed E-state index contributed by atoms with van der Waals surface area (Å²) in [6, 6.07) is 14.4. The minimum Gasteiger partial charge on any atom is -0.313 e. The van der Waals surface area contributed by atoms with E-state index in [-0.39, 0.29) is 17.8 Å². The van der Waals surface area contributed by atoms with Crippen LogP contribution in [-0.2, 0) is 6.42 Å². The van der Waals surface area contributed by atoms with Gasteiger partial charge in [-0.2, -0.15) is 0 Å².